The largest absolute Gasteiger partial charge is 0.478 e. The Morgan fingerprint density at radius 3 is 2.37 bits per heavy atom. The Hall–Kier alpha value is -1.94. The maximum absolute atomic E-state index is 10.8. The molecule has 0 saturated heterocycles. The first-order valence-corrected chi connectivity index (χ1v) is 6.23. The first kappa shape index (κ1) is 13.5. The average molecular weight is 277 g/mol. The predicted octanol–water partition coefficient (Wildman–Crippen LogP) is 3.62. The fourth-order valence-corrected chi connectivity index (χ4v) is 1.87. The molecule has 4 nitrogen and oxygen atoms in total. The Labute approximate surface area is 116 Å². The molecule has 0 aliphatic rings. The third kappa shape index (κ3) is 2.90. The zero-order valence-electron chi connectivity index (χ0n) is 10.6. The van der Waals surface area contributed by atoms with Crippen molar-refractivity contribution in [1.29, 1.82) is 0 Å². The first-order chi connectivity index (χ1) is 8.99. The molecule has 0 saturated carbocycles. The smallest absolute Gasteiger partial charge is 0.340 e. The van der Waals surface area contributed by atoms with Crippen LogP contribution < -0.4 is 0 Å². The number of carbonyl (C=O) groups is 1. The molecule has 2 aromatic rings. The van der Waals surface area contributed by atoms with Crippen molar-refractivity contribution in [3.05, 3.63) is 46.7 Å². The van der Waals surface area contributed by atoms with E-state index >= 15 is 0 Å². The summed E-state index contributed by atoms with van der Waals surface area (Å²) in [4.78, 5) is 18.9. The number of rotatable bonds is 3. The lowest BCUT2D eigenvalue weighted by Gasteiger charge is -2.06. The number of hydrogen-bond donors (Lipinski definition) is 1. The third-order valence-electron chi connectivity index (χ3n) is 2.81. The topological polar surface area (TPSA) is 63.1 Å². The molecule has 0 radical (unpaired) electrons. The summed E-state index contributed by atoms with van der Waals surface area (Å²) < 4.78 is 0. The highest BCUT2D eigenvalue weighted by Crippen LogP contribution is 2.22. The molecule has 0 spiro atoms. The zero-order chi connectivity index (χ0) is 14.0. The monoisotopic (exact) mass is 276 g/mol. The second-order valence-corrected chi connectivity index (χ2v) is 4.84. The fourth-order valence-electron chi connectivity index (χ4n) is 1.66. The molecule has 1 aromatic carbocycles. The van der Waals surface area contributed by atoms with Gasteiger partial charge in [0.25, 0.3) is 0 Å². The molecule has 1 aromatic heterocycles. The zero-order valence-corrected chi connectivity index (χ0v) is 11.3. The molecule has 0 unspecified atom stereocenters. The molecule has 2 rings (SSSR count). The number of halogens is 1. The van der Waals surface area contributed by atoms with E-state index in [-0.39, 0.29) is 10.7 Å². The van der Waals surface area contributed by atoms with Gasteiger partial charge in [0.2, 0.25) is 0 Å². The molecule has 19 heavy (non-hydrogen) atoms. The van der Waals surface area contributed by atoms with Gasteiger partial charge >= 0.3 is 5.97 Å². The second-order valence-electron chi connectivity index (χ2n) is 4.48. The van der Waals surface area contributed by atoms with Gasteiger partial charge in [-0.1, -0.05) is 49.7 Å². The maximum atomic E-state index is 10.8. The quantitative estimate of drug-likeness (QED) is 0.870. The molecule has 0 atom stereocenters. The van der Waals surface area contributed by atoms with Crippen LogP contribution in [-0.4, -0.2) is 21.0 Å². The Balaban J connectivity index is 2.37. The van der Waals surface area contributed by atoms with Crippen molar-refractivity contribution in [1.82, 2.24) is 9.97 Å². The summed E-state index contributed by atoms with van der Waals surface area (Å²) in [6.45, 7) is 4.23. The van der Waals surface area contributed by atoms with E-state index < -0.39 is 5.97 Å². The van der Waals surface area contributed by atoms with Crippen LogP contribution in [0.5, 0.6) is 0 Å². The molecule has 0 amide bonds. The summed E-state index contributed by atoms with van der Waals surface area (Å²) in [5, 5.41) is 8.81. The van der Waals surface area contributed by atoms with Gasteiger partial charge in [0.1, 0.15) is 10.7 Å². The van der Waals surface area contributed by atoms with Crippen LogP contribution in [0.3, 0.4) is 0 Å². The van der Waals surface area contributed by atoms with Crippen molar-refractivity contribution in [2.45, 2.75) is 19.8 Å². The van der Waals surface area contributed by atoms with E-state index in [1.54, 1.807) is 0 Å². The number of aromatic nitrogens is 2. The van der Waals surface area contributed by atoms with E-state index in [2.05, 4.69) is 23.8 Å². The molecule has 1 N–H and O–H groups in total. The van der Waals surface area contributed by atoms with Crippen molar-refractivity contribution in [3.63, 3.8) is 0 Å². The lowest BCUT2D eigenvalue weighted by molar-refractivity contribution is 0.0696. The molecule has 98 valence electrons. The second kappa shape index (κ2) is 5.36. The van der Waals surface area contributed by atoms with Gasteiger partial charge in [-0.25, -0.2) is 14.8 Å². The lowest BCUT2D eigenvalue weighted by Crippen LogP contribution is -2.02. The van der Waals surface area contributed by atoms with Crippen LogP contribution in [0.4, 0.5) is 0 Å². The summed E-state index contributed by atoms with van der Waals surface area (Å²) >= 11 is 5.82. The maximum Gasteiger partial charge on any atom is 0.340 e. The minimum atomic E-state index is -1.13. The third-order valence-corrected chi connectivity index (χ3v) is 3.10. The van der Waals surface area contributed by atoms with Crippen molar-refractivity contribution in [3.8, 4) is 11.4 Å². The highest BCUT2D eigenvalue weighted by molar-refractivity contribution is 6.32. The molecular formula is C14H13ClN2O2. The summed E-state index contributed by atoms with van der Waals surface area (Å²) in [6.07, 6.45) is 1.23. The number of carboxylic acids is 1. The summed E-state index contributed by atoms with van der Waals surface area (Å²) in [5.74, 6) is -0.259. The Bertz CT molecular complexity index is 609. The number of hydrogen-bond acceptors (Lipinski definition) is 3. The average Bonchev–Trinajstić information content (AvgIpc) is 2.38. The summed E-state index contributed by atoms with van der Waals surface area (Å²) in [7, 11) is 0. The molecular weight excluding hydrogens is 264 g/mol. The Morgan fingerprint density at radius 2 is 1.89 bits per heavy atom. The fraction of sp³-hybridized carbons (Fsp3) is 0.214. The van der Waals surface area contributed by atoms with Crippen molar-refractivity contribution >= 4 is 17.6 Å². The number of carboxylic acid groups (broad SMARTS) is 1. The number of benzene rings is 1. The van der Waals surface area contributed by atoms with Crippen molar-refractivity contribution < 1.29 is 9.90 Å². The first-order valence-electron chi connectivity index (χ1n) is 5.85. The normalized spacial score (nSPS) is 10.7. The van der Waals surface area contributed by atoms with Gasteiger partial charge < -0.3 is 5.11 Å². The van der Waals surface area contributed by atoms with Gasteiger partial charge in [0, 0.05) is 11.8 Å². The van der Waals surface area contributed by atoms with Gasteiger partial charge in [0.05, 0.1) is 0 Å². The standard InChI is InChI=1S/C14H13ClN2O2/c1-8(2)9-3-5-10(6-4-9)13-16-7-11(14(18)19)12(15)17-13/h3-8H,1-2H3,(H,18,19). The van der Waals surface area contributed by atoms with E-state index in [1.807, 2.05) is 24.3 Å². The van der Waals surface area contributed by atoms with Gasteiger partial charge in [-0.15, -0.1) is 0 Å². The number of nitrogens with zero attached hydrogens (tertiary/aromatic N) is 2. The van der Waals surface area contributed by atoms with E-state index in [0.717, 1.165) is 5.56 Å². The molecule has 0 bridgehead atoms. The number of aromatic carboxylic acids is 1. The summed E-state index contributed by atoms with van der Waals surface area (Å²) in [6, 6.07) is 7.81. The van der Waals surface area contributed by atoms with Gasteiger partial charge in [-0.2, -0.15) is 0 Å². The van der Waals surface area contributed by atoms with E-state index in [9.17, 15) is 4.79 Å². The summed E-state index contributed by atoms with van der Waals surface area (Å²) in [5.41, 5.74) is 1.93. The van der Waals surface area contributed by atoms with Gasteiger partial charge in [-0.3, -0.25) is 0 Å². The Morgan fingerprint density at radius 1 is 1.26 bits per heavy atom. The van der Waals surface area contributed by atoms with E-state index in [4.69, 9.17) is 16.7 Å². The van der Waals surface area contributed by atoms with Crippen molar-refractivity contribution in [2.75, 3.05) is 0 Å². The van der Waals surface area contributed by atoms with Crippen molar-refractivity contribution in [2.24, 2.45) is 0 Å². The SMILES string of the molecule is CC(C)c1ccc(-c2ncc(C(=O)O)c(Cl)n2)cc1. The van der Waals surface area contributed by atoms with E-state index in [0.29, 0.717) is 11.7 Å². The van der Waals surface area contributed by atoms with Crippen LogP contribution in [0, 0.1) is 0 Å². The van der Waals surface area contributed by atoms with Crippen LogP contribution in [-0.2, 0) is 0 Å². The van der Waals surface area contributed by atoms with E-state index in [1.165, 1.54) is 11.8 Å². The van der Waals surface area contributed by atoms with Crippen LogP contribution >= 0.6 is 11.6 Å². The lowest BCUT2D eigenvalue weighted by atomic mass is 10.0. The highest BCUT2D eigenvalue weighted by atomic mass is 35.5. The molecule has 5 heteroatoms. The highest BCUT2D eigenvalue weighted by Gasteiger charge is 2.12. The predicted molar refractivity (Wildman–Crippen MR) is 73.5 cm³/mol. The molecule has 0 aliphatic heterocycles. The van der Waals surface area contributed by atoms with Crippen LogP contribution in [0.25, 0.3) is 11.4 Å². The minimum Gasteiger partial charge on any atom is -0.478 e. The van der Waals surface area contributed by atoms with Gasteiger partial charge in [-0.05, 0) is 11.5 Å². The van der Waals surface area contributed by atoms with Crippen LogP contribution in [0.15, 0.2) is 30.5 Å². The van der Waals surface area contributed by atoms with Crippen LogP contribution in [0.1, 0.15) is 35.7 Å². The Kier molecular flexibility index (Phi) is 3.81. The van der Waals surface area contributed by atoms with Crippen LogP contribution in [0.2, 0.25) is 5.15 Å². The molecule has 1 heterocycles. The minimum absolute atomic E-state index is 0.0505. The molecule has 0 fully saturated rings. The van der Waals surface area contributed by atoms with Gasteiger partial charge in [0.15, 0.2) is 5.82 Å². The molecule has 0 aliphatic carbocycles.